The zero-order valence-corrected chi connectivity index (χ0v) is 16.8. The van der Waals surface area contributed by atoms with Gasteiger partial charge >= 0.3 is 0 Å². The van der Waals surface area contributed by atoms with Crippen LogP contribution in [-0.2, 0) is 6.54 Å². The van der Waals surface area contributed by atoms with Gasteiger partial charge in [-0.3, -0.25) is 0 Å². The lowest BCUT2D eigenvalue weighted by molar-refractivity contribution is 0.174. The van der Waals surface area contributed by atoms with Crippen LogP contribution in [0.25, 0.3) is 0 Å². The molecule has 0 amide bonds. The Bertz CT molecular complexity index is 846. The molecule has 0 atom stereocenters. The van der Waals surface area contributed by atoms with Gasteiger partial charge in [0.25, 0.3) is 0 Å². The van der Waals surface area contributed by atoms with Crippen LogP contribution in [0.3, 0.4) is 0 Å². The summed E-state index contributed by atoms with van der Waals surface area (Å²) in [4.78, 5) is 2.35. The summed E-state index contributed by atoms with van der Waals surface area (Å²) in [5.41, 5.74) is 4.72. The maximum Gasteiger partial charge on any atom is 0.231 e. The second kappa shape index (κ2) is 7.77. The molecule has 4 nitrogen and oxygen atoms in total. The average molecular weight is 383 g/mol. The Kier molecular flexibility index (Phi) is 5.21. The molecule has 0 radical (unpaired) electrons. The lowest BCUT2D eigenvalue weighted by Gasteiger charge is -2.32. The molecule has 2 aromatic carbocycles. The van der Waals surface area contributed by atoms with Gasteiger partial charge in [0.05, 0.1) is 0 Å². The Hall–Kier alpha value is -2.27. The van der Waals surface area contributed by atoms with E-state index in [4.69, 9.17) is 21.7 Å². The first kappa shape index (κ1) is 18.1. The molecule has 0 saturated heterocycles. The molecule has 0 unspecified atom stereocenters. The van der Waals surface area contributed by atoms with Crippen LogP contribution in [0.5, 0.6) is 11.5 Å². The third-order valence-electron chi connectivity index (χ3n) is 5.45. The largest absolute Gasteiger partial charge is 0.454 e. The molecule has 2 aromatic rings. The maximum atomic E-state index is 5.85. The highest BCUT2D eigenvalue weighted by atomic mass is 32.1. The van der Waals surface area contributed by atoms with Crippen molar-refractivity contribution in [3.05, 3.63) is 53.1 Å². The number of aryl methyl sites for hydroxylation is 2. The van der Waals surface area contributed by atoms with Gasteiger partial charge in [-0.15, -0.1) is 0 Å². The molecule has 2 aliphatic rings. The van der Waals surface area contributed by atoms with Gasteiger partial charge in [-0.05, 0) is 73.8 Å². The predicted molar refractivity (Wildman–Crippen MR) is 113 cm³/mol. The lowest BCUT2D eigenvalue weighted by Crippen LogP contribution is -2.41. The Morgan fingerprint density at radius 1 is 1.07 bits per heavy atom. The molecule has 0 spiro atoms. The van der Waals surface area contributed by atoms with Crippen LogP contribution in [0.4, 0.5) is 5.69 Å². The molecular weight excluding hydrogens is 356 g/mol. The van der Waals surface area contributed by atoms with Crippen molar-refractivity contribution in [2.45, 2.75) is 52.1 Å². The normalized spacial score (nSPS) is 15.8. The van der Waals surface area contributed by atoms with E-state index in [0.29, 0.717) is 12.8 Å². The van der Waals surface area contributed by atoms with Crippen molar-refractivity contribution in [3.63, 3.8) is 0 Å². The quantitative estimate of drug-likeness (QED) is 0.738. The van der Waals surface area contributed by atoms with Gasteiger partial charge in [-0.2, -0.15) is 0 Å². The molecular formula is C22H26N2O2S. The van der Waals surface area contributed by atoms with Crippen LogP contribution in [-0.4, -0.2) is 22.8 Å². The lowest BCUT2D eigenvalue weighted by atomic mass is 10.1. The van der Waals surface area contributed by atoms with Crippen molar-refractivity contribution in [1.82, 2.24) is 4.90 Å². The van der Waals surface area contributed by atoms with E-state index in [9.17, 15) is 0 Å². The van der Waals surface area contributed by atoms with Crippen LogP contribution in [0.1, 0.15) is 42.4 Å². The van der Waals surface area contributed by atoms with E-state index < -0.39 is 0 Å². The number of benzene rings is 2. The van der Waals surface area contributed by atoms with Crippen LogP contribution in [0, 0.1) is 13.8 Å². The maximum absolute atomic E-state index is 5.85. The SMILES string of the molecule is Cc1ccc(C)c(NC(=S)N(Cc2ccc3c(c2)OCO3)C2CCCC2)c1. The van der Waals surface area contributed by atoms with Gasteiger partial charge in [0.2, 0.25) is 6.79 Å². The molecule has 1 aliphatic carbocycles. The molecule has 142 valence electrons. The number of fused-ring (bicyclic) bond motifs is 1. The standard InChI is InChI=1S/C22H26N2O2S/c1-15-7-8-16(2)19(11-15)23-22(27)24(18-5-3-4-6-18)13-17-9-10-20-21(12-17)26-14-25-20/h7-12,18H,3-6,13-14H2,1-2H3,(H,23,27). The molecule has 1 heterocycles. The smallest absolute Gasteiger partial charge is 0.231 e. The third kappa shape index (κ3) is 4.03. The average Bonchev–Trinajstić information content (AvgIpc) is 3.33. The first-order valence-corrected chi connectivity index (χ1v) is 10.0. The highest BCUT2D eigenvalue weighted by Gasteiger charge is 2.26. The molecule has 27 heavy (non-hydrogen) atoms. The summed E-state index contributed by atoms with van der Waals surface area (Å²) in [6, 6.07) is 13.1. The van der Waals surface area contributed by atoms with Gasteiger partial charge < -0.3 is 19.7 Å². The number of hydrogen-bond acceptors (Lipinski definition) is 3. The van der Waals surface area contributed by atoms with E-state index in [-0.39, 0.29) is 0 Å². The fourth-order valence-electron chi connectivity index (χ4n) is 3.88. The Labute approximate surface area is 166 Å². The van der Waals surface area contributed by atoms with Crippen molar-refractivity contribution in [2.24, 2.45) is 0 Å². The summed E-state index contributed by atoms with van der Waals surface area (Å²) in [5, 5.41) is 4.30. The minimum atomic E-state index is 0.303. The highest BCUT2D eigenvalue weighted by molar-refractivity contribution is 7.80. The number of anilines is 1. The first-order valence-electron chi connectivity index (χ1n) is 9.63. The Morgan fingerprint density at radius 2 is 1.85 bits per heavy atom. The number of thiocarbonyl (C=S) groups is 1. The third-order valence-corrected chi connectivity index (χ3v) is 5.79. The van der Waals surface area contributed by atoms with Gasteiger partial charge in [-0.25, -0.2) is 0 Å². The molecule has 4 rings (SSSR count). The fraction of sp³-hybridized carbons (Fsp3) is 0.409. The predicted octanol–water partition coefficient (Wildman–Crippen LogP) is 5.17. The summed E-state index contributed by atoms with van der Waals surface area (Å²) in [6.45, 7) is 5.30. The van der Waals surface area contributed by atoms with Crippen LogP contribution in [0.15, 0.2) is 36.4 Å². The molecule has 5 heteroatoms. The number of nitrogens with one attached hydrogen (secondary N) is 1. The minimum Gasteiger partial charge on any atom is -0.454 e. The molecule has 0 aromatic heterocycles. The number of nitrogens with zero attached hydrogens (tertiary/aromatic N) is 1. The molecule has 1 N–H and O–H groups in total. The number of ether oxygens (including phenoxy) is 2. The summed E-state index contributed by atoms with van der Waals surface area (Å²) in [5.74, 6) is 1.65. The second-order valence-corrected chi connectivity index (χ2v) is 7.89. The highest BCUT2D eigenvalue weighted by Crippen LogP contribution is 2.34. The van der Waals surface area contributed by atoms with Crippen LogP contribution < -0.4 is 14.8 Å². The summed E-state index contributed by atoms with van der Waals surface area (Å²) in [6.07, 6.45) is 4.93. The fourth-order valence-corrected chi connectivity index (χ4v) is 4.20. The monoisotopic (exact) mass is 382 g/mol. The molecule has 1 aliphatic heterocycles. The van der Waals surface area contributed by atoms with E-state index in [1.54, 1.807) is 0 Å². The van der Waals surface area contributed by atoms with Gasteiger partial charge in [-0.1, -0.05) is 31.0 Å². The van der Waals surface area contributed by atoms with Crippen molar-refractivity contribution < 1.29 is 9.47 Å². The van der Waals surface area contributed by atoms with Gasteiger partial charge in [0.1, 0.15) is 0 Å². The van der Waals surface area contributed by atoms with E-state index in [1.807, 2.05) is 6.07 Å². The van der Waals surface area contributed by atoms with Crippen molar-refractivity contribution in [3.8, 4) is 11.5 Å². The summed E-state index contributed by atoms with van der Waals surface area (Å²) in [7, 11) is 0. The molecule has 0 bridgehead atoms. The van der Waals surface area contributed by atoms with Gasteiger partial charge in [0, 0.05) is 18.3 Å². The second-order valence-electron chi connectivity index (χ2n) is 7.50. The molecule has 1 saturated carbocycles. The zero-order valence-electron chi connectivity index (χ0n) is 16.0. The molecule has 1 fully saturated rings. The van der Waals surface area contributed by atoms with E-state index in [0.717, 1.165) is 28.8 Å². The van der Waals surface area contributed by atoms with Crippen molar-refractivity contribution in [2.75, 3.05) is 12.1 Å². The van der Waals surface area contributed by atoms with Crippen molar-refractivity contribution in [1.29, 1.82) is 0 Å². The van der Waals surface area contributed by atoms with Crippen molar-refractivity contribution >= 4 is 23.0 Å². The van der Waals surface area contributed by atoms with Crippen LogP contribution in [0.2, 0.25) is 0 Å². The Morgan fingerprint density at radius 3 is 2.67 bits per heavy atom. The zero-order chi connectivity index (χ0) is 18.8. The summed E-state index contributed by atoms with van der Waals surface area (Å²) >= 11 is 5.85. The topological polar surface area (TPSA) is 33.7 Å². The number of rotatable bonds is 4. The Balaban J connectivity index is 1.55. The van der Waals surface area contributed by atoms with E-state index in [2.05, 4.69) is 54.4 Å². The summed E-state index contributed by atoms with van der Waals surface area (Å²) < 4.78 is 11.0. The van der Waals surface area contributed by atoms with Crippen LogP contribution >= 0.6 is 12.2 Å². The van der Waals surface area contributed by atoms with E-state index >= 15 is 0 Å². The van der Waals surface area contributed by atoms with Gasteiger partial charge in [0.15, 0.2) is 16.6 Å². The van der Waals surface area contributed by atoms with E-state index in [1.165, 1.54) is 42.4 Å². The minimum absolute atomic E-state index is 0.303. The first-order chi connectivity index (χ1) is 13.1. The number of hydrogen-bond donors (Lipinski definition) is 1.